The van der Waals surface area contributed by atoms with E-state index in [1.54, 1.807) is 18.5 Å². The van der Waals surface area contributed by atoms with E-state index in [0.717, 1.165) is 0 Å². The summed E-state index contributed by atoms with van der Waals surface area (Å²) < 4.78 is 47.8. The molecular formula is C22H22BrF3N4O3S. The number of aliphatic hydroxyl groups excluding tert-OH is 1. The molecular weight excluding hydrogens is 537 g/mol. The Balaban J connectivity index is 1.81. The van der Waals surface area contributed by atoms with Crippen LogP contribution in [-0.4, -0.2) is 65.1 Å². The highest BCUT2D eigenvalue weighted by Crippen LogP contribution is 2.37. The van der Waals surface area contributed by atoms with Crippen molar-refractivity contribution < 1.29 is 27.8 Å². The molecule has 2 atom stereocenters. The van der Waals surface area contributed by atoms with Crippen LogP contribution in [0.5, 0.6) is 0 Å². The number of nitrogens with one attached hydrogen (secondary N) is 1. The summed E-state index contributed by atoms with van der Waals surface area (Å²) in [6.07, 6.45) is -0.218. The van der Waals surface area contributed by atoms with Crippen molar-refractivity contribution in [2.75, 3.05) is 26.2 Å². The molecule has 34 heavy (non-hydrogen) atoms. The van der Waals surface area contributed by atoms with Gasteiger partial charge in [-0.05, 0) is 24.6 Å². The van der Waals surface area contributed by atoms with Gasteiger partial charge in [-0.1, -0.05) is 22.0 Å². The molecule has 2 N–H and O–H groups in total. The first-order valence-electron chi connectivity index (χ1n) is 10.5. The summed E-state index contributed by atoms with van der Waals surface area (Å²) >= 11 is 4.66. The number of benzene rings is 1. The van der Waals surface area contributed by atoms with Gasteiger partial charge >= 0.3 is 5.97 Å². The van der Waals surface area contributed by atoms with E-state index in [-0.39, 0.29) is 25.3 Å². The van der Waals surface area contributed by atoms with Crippen LogP contribution in [0.4, 0.5) is 13.2 Å². The number of thiazole rings is 1. The SMILES string of the molecule is CCOC(=O)C1=C(CN2CC(O)CC(F)(F)C2)NC(c2nccs2)=NC1c1ccc(F)cc1Br. The molecule has 0 bridgehead atoms. The minimum atomic E-state index is -3.07. The molecule has 2 unspecified atom stereocenters. The summed E-state index contributed by atoms with van der Waals surface area (Å²) in [5, 5.41) is 15.4. The van der Waals surface area contributed by atoms with Crippen LogP contribution in [0.1, 0.15) is 30.0 Å². The highest BCUT2D eigenvalue weighted by Gasteiger charge is 2.41. The first kappa shape index (κ1) is 24.8. The summed E-state index contributed by atoms with van der Waals surface area (Å²) in [5.74, 6) is -3.86. The first-order valence-corrected chi connectivity index (χ1v) is 12.2. The molecule has 3 heterocycles. The molecule has 2 aliphatic heterocycles. The van der Waals surface area contributed by atoms with Crippen LogP contribution in [0.15, 0.2) is 50.5 Å². The van der Waals surface area contributed by atoms with Crippen LogP contribution in [0.2, 0.25) is 0 Å². The zero-order chi connectivity index (χ0) is 24.5. The number of likely N-dealkylation sites (tertiary alicyclic amines) is 1. The summed E-state index contributed by atoms with van der Waals surface area (Å²) in [4.78, 5) is 23.4. The lowest BCUT2D eigenvalue weighted by Crippen LogP contribution is -2.51. The molecule has 1 aromatic carbocycles. The minimum absolute atomic E-state index is 0.0194. The zero-order valence-electron chi connectivity index (χ0n) is 18.1. The number of β-amino-alcohol motifs (C(OH)–C–C–N with tert-alkyl or cyclic N) is 1. The van der Waals surface area contributed by atoms with Crippen LogP contribution in [-0.2, 0) is 9.53 Å². The average molecular weight is 559 g/mol. The molecule has 0 spiro atoms. The van der Waals surface area contributed by atoms with E-state index in [2.05, 4.69) is 31.2 Å². The van der Waals surface area contributed by atoms with Gasteiger partial charge in [0.05, 0.1) is 24.8 Å². The number of piperidine rings is 1. The molecule has 1 saturated heterocycles. The number of halogens is 4. The van der Waals surface area contributed by atoms with E-state index in [1.165, 1.54) is 34.4 Å². The summed E-state index contributed by atoms with van der Waals surface area (Å²) in [7, 11) is 0. The lowest BCUT2D eigenvalue weighted by Gasteiger charge is -2.37. The first-order chi connectivity index (χ1) is 16.2. The second-order valence-electron chi connectivity index (χ2n) is 8.00. The quantitative estimate of drug-likeness (QED) is 0.526. The number of aliphatic imine (C=N–C) groups is 1. The topological polar surface area (TPSA) is 87.0 Å². The van der Waals surface area contributed by atoms with Crippen molar-refractivity contribution in [2.45, 2.75) is 31.4 Å². The van der Waals surface area contributed by atoms with Gasteiger partial charge in [-0.2, -0.15) is 0 Å². The van der Waals surface area contributed by atoms with Crippen molar-refractivity contribution in [2.24, 2.45) is 4.99 Å². The smallest absolute Gasteiger partial charge is 0.338 e. The minimum Gasteiger partial charge on any atom is -0.463 e. The number of hydrogen-bond acceptors (Lipinski definition) is 8. The normalized spacial score (nSPS) is 22.8. The molecule has 182 valence electrons. The number of hydrogen-bond donors (Lipinski definition) is 2. The summed E-state index contributed by atoms with van der Waals surface area (Å²) in [6.45, 7) is 1.12. The number of nitrogens with zero attached hydrogens (tertiary/aromatic N) is 3. The Labute approximate surface area is 206 Å². The molecule has 0 amide bonds. The maximum Gasteiger partial charge on any atom is 0.338 e. The predicted molar refractivity (Wildman–Crippen MR) is 124 cm³/mol. The number of rotatable bonds is 6. The Morgan fingerprint density at radius 1 is 1.44 bits per heavy atom. The standard InChI is InChI=1S/C22H22BrF3N4O3S/c1-2-33-21(32)17-16(10-30-9-13(31)8-22(25,26)11-30)28-19(20-27-5-6-34-20)29-18(17)14-4-3-12(24)7-15(14)23/h3-7,13,18,31H,2,8-11H2,1H3,(H,28,29). The molecule has 2 aromatic rings. The molecule has 0 radical (unpaired) electrons. The number of carbonyl (C=O) groups excluding carboxylic acids is 1. The summed E-state index contributed by atoms with van der Waals surface area (Å²) in [6, 6.07) is 3.12. The van der Waals surface area contributed by atoms with Crippen LogP contribution in [0, 0.1) is 5.82 Å². The fourth-order valence-electron chi connectivity index (χ4n) is 4.07. The predicted octanol–water partition coefficient (Wildman–Crippen LogP) is 3.65. The van der Waals surface area contributed by atoms with Crippen molar-refractivity contribution >= 4 is 39.1 Å². The Bertz CT molecular complexity index is 1130. The van der Waals surface area contributed by atoms with Gasteiger partial charge in [0.25, 0.3) is 5.92 Å². The van der Waals surface area contributed by atoms with Gasteiger partial charge in [0, 0.05) is 41.3 Å². The molecule has 2 aliphatic rings. The van der Waals surface area contributed by atoms with Crippen LogP contribution in [0.25, 0.3) is 0 Å². The van der Waals surface area contributed by atoms with Gasteiger partial charge in [-0.15, -0.1) is 11.3 Å². The number of carbonyl (C=O) groups is 1. The Morgan fingerprint density at radius 3 is 2.88 bits per heavy atom. The van der Waals surface area contributed by atoms with E-state index >= 15 is 0 Å². The second-order valence-corrected chi connectivity index (χ2v) is 9.75. The molecule has 1 fully saturated rings. The fraction of sp³-hybridized carbons (Fsp3) is 0.409. The highest BCUT2D eigenvalue weighted by atomic mass is 79.9. The maximum atomic E-state index is 14.2. The van der Waals surface area contributed by atoms with Crippen molar-refractivity contribution in [3.05, 3.63) is 61.9 Å². The molecule has 4 rings (SSSR count). The van der Waals surface area contributed by atoms with E-state index in [4.69, 9.17) is 4.74 Å². The van der Waals surface area contributed by atoms with Gasteiger partial charge in [0.15, 0.2) is 10.8 Å². The highest BCUT2D eigenvalue weighted by molar-refractivity contribution is 9.10. The van der Waals surface area contributed by atoms with Crippen LogP contribution in [0.3, 0.4) is 0 Å². The third-order valence-corrected chi connectivity index (χ3v) is 6.82. The van der Waals surface area contributed by atoms with Crippen molar-refractivity contribution in [1.29, 1.82) is 0 Å². The molecule has 0 aliphatic carbocycles. The lowest BCUT2D eigenvalue weighted by molar-refractivity contribution is -0.139. The monoisotopic (exact) mass is 558 g/mol. The van der Waals surface area contributed by atoms with Crippen molar-refractivity contribution in [1.82, 2.24) is 15.2 Å². The number of ether oxygens (including phenoxy) is 1. The fourth-order valence-corrected chi connectivity index (χ4v) is 5.23. The maximum absolute atomic E-state index is 14.2. The third-order valence-electron chi connectivity index (χ3n) is 5.35. The van der Waals surface area contributed by atoms with Gasteiger partial charge in [-0.25, -0.2) is 22.9 Å². The van der Waals surface area contributed by atoms with Crippen molar-refractivity contribution in [3.63, 3.8) is 0 Å². The number of esters is 1. The largest absolute Gasteiger partial charge is 0.463 e. The molecule has 7 nitrogen and oxygen atoms in total. The molecule has 12 heteroatoms. The van der Waals surface area contributed by atoms with Crippen LogP contribution >= 0.6 is 27.3 Å². The summed E-state index contributed by atoms with van der Waals surface area (Å²) in [5.41, 5.74) is 0.934. The van der Waals surface area contributed by atoms with Crippen LogP contribution < -0.4 is 5.32 Å². The Hall–Kier alpha value is -2.28. The lowest BCUT2D eigenvalue weighted by atomic mass is 9.94. The third kappa shape index (κ3) is 5.51. The average Bonchev–Trinajstić information content (AvgIpc) is 3.27. The number of aromatic nitrogens is 1. The number of alkyl halides is 2. The molecule has 0 saturated carbocycles. The van der Waals surface area contributed by atoms with Gasteiger partial charge < -0.3 is 15.2 Å². The number of amidine groups is 1. The van der Waals surface area contributed by atoms with E-state index in [9.17, 15) is 23.1 Å². The van der Waals surface area contributed by atoms with E-state index in [0.29, 0.717) is 26.6 Å². The second kappa shape index (κ2) is 10.1. The van der Waals surface area contributed by atoms with Gasteiger partial charge in [0.1, 0.15) is 11.9 Å². The molecule has 1 aromatic heterocycles. The zero-order valence-corrected chi connectivity index (χ0v) is 20.5. The number of aliphatic hydroxyl groups is 1. The van der Waals surface area contributed by atoms with E-state index in [1.807, 2.05) is 0 Å². The Morgan fingerprint density at radius 2 is 2.24 bits per heavy atom. The van der Waals surface area contributed by atoms with E-state index < -0.39 is 42.8 Å². The Kier molecular flexibility index (Phi) is 7.41. The van der Waals surface area contributed by atoms with Crippen molar-refractivity contribution in [3.8, 4) is 0 Å². The van der Waals surface area contributed by atoms with Gasteiger partial charge in [0.2, 0.25) is 0 Å². The van der Waals surface area contributed by atoms with Gasteiger partial charge in [-0.3, -0.25) is 9.89 Å².